The van der Waals surface area contributed by atoms with Gasteiger partial charge in [0.15, 0.2) is 0 Å². The van der Waals surface area contributed by atoms with Gasteiger partial charge < -0.3 is 9.88 Å². The van der Waals surface area contributed by atoms with E-state index in [1.54, 1.807) is 0 Å². The first-order chi connectivity index (χ1) is 10.3. The summed E-state index contributed by atoms with van der Waals surface area (Å²) in [6.07, 6.45) is 2.25. The van der Waals surface area contributed by atoms with Gasteiger partial charge in [-0.05, 0) is 35.9 Å². The fourth-order valence-electron chi connectivity index (χ4n) is 2.64. The lowest BCUT2D eigenvalue weighted by molar-refractivity contribution is 0.724. The largest absolute Gasteiger partial charge is 0.343 e. The quantitative estimate of drug-likeness (QED) is 0.736. The number of rotatable bonds is 5. The molecule has 2 aromatic carbocycles. The summed E-state index contributed by atoms with van der Waals surface area (Å²) in [5, 5.41) is 5.52. The molecular weight excluding hydrogens is 280 g/mol. The Kier molecular flexibility index (Phi) is 4.28. The summed E-state index contributed by atoms with van der Waals surface area (Å²) < 4.78 is 2.31. The van der Waals surface area contributed by atoms with Gasteiger partial charge in [0.2, 0.25) is 0 Å². The van der Waals surface area contributed by atoms with E-state index in [9.17, 15) is 0 Å². The van der Waals surface area contributed by atoms with E-state index in [-0.39, 0.29) is 0 Å². The minimum atomic E-state index is 0.781. The molecule has 1 aromatic heterocycles. The van der Waals surface area contributed by atoms with Crippen LogP contribution in [-0.2, 0) is 13.1 Å². The zero-order valence-electron chi connectivity index (χ0n) is 12.1. The molecule has 0 bridgehead atoms. The Labute approximate surface area is 130 Å². The van der Waals surface area contributed by atoms with E-state index in [4.69, 9.17) is 11.6 Å². The normalized spacial score (nSPS) is 11.1. The monoisotopic (exact) mass is 298 g/mol. The molecule has 2 nitrogen and oxygen atoms in total. The van der Waals surface area contributed by atoms with Crippen LogP contribution >= 0.6 is 11.6 Å². The molecule has 0 amide bonds. The molecule has 0 aliphatic heterocycles. The lowest BCUT2D eigenvalue weighted by atomic mass is 10.2. The molecule has 1 N–H and O–H groups in total. The predicted molar refractivity (Wildman–Crippen MR) is 89.9 cm³/mol. The molecule has 0 unspecified atom stereocenters. The molecule has 0 saturated carbocycles. The van der Waals surface area contributed by atoms with Crippen LogP contribution in [0.3, 0.4) is 0 Å². The first kappa shape index (κ1) is 14.2. The molecule has 3 heteroatoms. The zero-order chi connectivity index (χ0) is 14.7. The highest BCUT2D eigenvalue weighted by Crippen LogP contribution is 2.22. The van der Waals surface area contributed by atoms with E-state index in [0.717, 1.165) is 24.7 Å². The molecule has 21 heavy (non-hydrogen) atoms. The number of hydrogen-bond donors (Lipinski definition) is 1. The number of benzene rings is 2. The number of aromatic nitrogens is 1. The first-order valence-corrected chi connectivity index (χ1v) is 7.67. The SMILES string of the molecule is CCNCc1cn(Cc2ccc(Cl)cc2)c2ccccc12. The zero-order valence-corrected chi connectivity index (χ0v) is 12.9. The second kappa shape index (κ2) is 6.33. The number of para-hydroxylation sites is 1. The van der Waals surface area contributed by atoms with E-state index in [0.29, 0.717) is 0 Å². The number of hydrogen-bond acceptors (Lipinski definition) is 1. The van der Waals surface area contributed by atoms with Crippen molar-refractivity contribution in [1.82, 2.24) is 9.88 Å². The fourth-order valence-corrected chi connectivity index (χ4v) is 2.77. The second-order valence-electron chi connectivity index (χ2n) is 5.21. The third kappa shape index (κ3) is 3.12. The Balaban J connectivity index is 1.96. The topological polar surface area (TPSA) is 17.0 Å². The Bertz CT molecular complexity index is 729. The number of halogens is 1. The predicted octanol–water partition coefficient (Wildman–Crippen LogP) is 4.45. The van der Waals surface area contributed by atoms with Gasteiger partial charge in [0.1, 0.15) is 0 Å². The first-order valence-electron chi connectivity index (χ1n) is 7.30. The highest BCUT2D eigenvalue weighted by atomic mass is 35.5. The summed E-state index contributed by atoms with van der Waals surface area (Å²) in [7, 11) is 0. The van der Waals surface area contributed by atoms with Gasteiger partial charge >= 0.3 is 0 Å². The molecule has 0 radical (unpaired) electrons. The molecule has 1 heterocycles. The van der Waals surface area contributed by atoms with Gasteiger partial charge in [0, 0.05) is 35.2 Å². The Morgan fingerprint density at radius 2 is 1.81 bits per heavy atom. The molecule has 0 atom stereocenters. The van der Waals surface area contributed by atoms with Gasteiger partial charge in [-0.15, -0.1) is 0 Å². The standard InChI is InChI=1S/C18H19ClN2/c1-2-20-11-15-13-21(18-6-4-3-5-17(15)18)12-14-7-9-16(19)10-8-14/h3-10,13,20H,2,11-12H2,1H3. The lowest BCUT2D eigenvalue weighted by Crippen LogP contribution is -2.11. The molecule has 0 aliphatic rings. The van der Waals surface area contributed by atoms with Crippen molar-refractivity contribution in [2.24, 2.45) is 0 Å². The van der Waals surface area contributed by atoms with Gasteiger partial charge in [0.05, 0.1) is 0 Å². The molecule has 108 valence electrons. The molecule has 0 spiro atoms. The van der Waals surface area contributed by atoms with Crippen molar-refractivity contribution in [3.8, 4) is 0 Å². The van der Waals surface area contributed by atoms with Crippen LogP contribution in [-0.4, -0.2) is 11.1 Å². The van der Waals surface area contributed by atoms with Gasteiger partial charge in [-0.25, -0.2) is 0 Å². The van der Waals surface area contributed by atoms with E-state index in [2.05, 4.69) is 59.4 Å². The summed E-state index contributed by atoms with van der Waals surface area (Å²) >= 11 is 5.96. The smallest absolute Gasteiger partial charge is 0.0486 e. The molecule has 0 saturated heterocycles. The molecule has 0 aliphatic carbocycles. The van der Waals surface area contributed by atoms with Crippen LogP contribution in [0, 0.1) is 0 Å². The lowest BCUT2D eigenvalue weighted by Gasteiger charge is -2.05. The fraction of sp³-hybridized carbons (Fsp3) is 0.222. The molecule has 3 rings (SSSR count). The average molecular weight is 299 g/mol. The highest BCUT2D eigenvalue weighted by molar-refractivity contribution is 6.30. The van der Waals surface area contributed by atoms with Crippen LogP contribution in [0.2, 0.25) is 5.02 Å². The summed E-state index contributed by atoms with van der Waals surface area (Å²) in [4.78, 5) is 0. The van der Waals surface area contributed by atoms with Crippen molar-refractivity contribution in [2.75, 3.05) is 6.54 Å². The van der Waals surface area contributed by atoms with Crippen LogP contribution in [0.5, 0.6) is 0 Å². The van der Waals surface area contributed by atoms with E-state index < -0.39 is 0 Å². The Morgan fingerprint density at radius 1 is 1.05 bits per heavy atom. The van der Waals surface area contributed by atoms with Gasteiger partial charge in [-0.1, -0.05) is 48.9 Å². The number of nitrogens with zero attached hydrogens (tertiary/aromatic N) is 1. The van der Waals surface area contributed by atoms with E-state index in [1.807, 2.05) is 12.1 Å². The maximum Gasteiger partial charge on any atom is 0.0486 e. The number of fused-ring (bicyclic) bond motifs is 1. The average Bonchev–Trinajstić information content (AvgIpc) is 2.86. The Morgan fingerprint density at radius 3 is 2.57 bits per heavy atom. The van der Waals surface area contributed by atoms with Crippen LogP contribution in [0.25, 0.3) is 10.9 Å². The van der Waals surface area contributed by atoms with Crippen molar-refractivity contribution < 1.29 is 0 Å². The minimum absolute atomic E-state index is 0.781. The summed E-state index contributed by atoms with van der Waals surface area (Å²) in [5.41, 5.74) is 3.89. The molecular formula is C18H19ClN2. The van der Waals surface area contributed by atoms with Crippen LogP contribution in [0.1, 0.15) is 18.1 Å². The number of nitrogens with one attached hydrogen (secondary N) is 1. The Hall–Kier alpha value is -1.77. The van der Waals surface area contributed by atoms with Gasteiger partial charge in [-0.3, -0.25) is 0 Å². The maximum absolute atomic E-state index is 5.96. The summed E-state index contributed by atoms with van der Waals surface area (Å²) in [6.45, 7) is 4.89. The van der Waals surface area contributed by atoms with Crippen LogP contribution in [0.4, 0.5) is 0 Å². The summed E-state index contributed by atoms with van der Waals surface area (Å²) in [6, 6.07) is 16.6. The third-order valence-electron chi connectivity index (χ3n) is 3.70. The van der Waals surface area contributed by atoms with Crippen molar-refractivity contribution >= 4 is 22.5 Å². The maximum atomic E-state index is 5.96. The van der Waals surface area contributed by atoms with Crippen molar-refractivity contribution in [1.29, 1.82) is 0 Å². The van der Waals surface area contributed by atoms with Crippen LogP contribution < -0.4 is 5.32 Å². The van der Waals surface area contributed by atoms with Gasteiger partial charge in [0.25, 0.3) is 0 Å². The molecule has 3 aromatic rings. The van der Waals surface area contributed by atoms with Crippen molar-refractivity contribution in [2.45, 2.75) is 20.0 Å². The summed E-state index contributed by atoms with van der Waals surface area (Å²) in [5.74, 6) is 0. The second-order valence-corrected chi connectivity index (χ2v) is 5.64. The van der Waals surface area contributed by atoms with Crippen LogP contribution in [0.15, 0.2) is 54.7 Å². The molecule has 0 fully saturated rings. The van der Waals surface area contributed by atoms with E-state index in [1.165, 1.54) is 22.0 Å². The minimum Gasteiger partial charge on any atom is -0.343 e. The third-order valence-corrected chi connectivity index (χ3v) is 3.95. The van der Waals surface area contributed by atoms with Crippen molar-refractivity contribution in [3.05, 3.63) is 70.9 Å². The highest BCUT2D eigenvalue weighted by Gasteiger charge is 2.07. The van der Waals surface area contributed by atoms with E-state index >= 15 is 0 Å². The van der Waals surface area contributed by atoms with Gasteiger partial charge in [-0.2, -0.15) is 0 Å². The van der Waals surface area contributed by atoms with Crippen molar-refractivity contribution in [3.63, 3.8) is 0 Å².